The van der Waals surface area contributed by atoms with Gasteiger partial charge in [-0.15, -0.1) is 17.9 Å². The minimum Gasteiger partial charge on any atom is -0.462 e. The Morgan fingerprint density at radius 1 is 1.27 bits per heavy atom. The third-order valence-electron chi connectivity index (χ3n) is 3.77. The van der Waals surface area contributed by atoms with E-state index in [1.54, 1.807) is 6.92 Å². The molecule has 0 aliphatic rings. The van der Waals surface area contributed by atoms with Gasteiger partial charge in [0, 0.05) is 12.1 Å². The fourth-order valence-corrected chi connectivity index (χ4v) is 4.27. The molecule has 9 nitrogen and oxygen atoms in total. The van der Waals surface area contributed by atoms with Crippen molar-refractivity contribution < 1.29 is 27.5 Å². The third-order valence-corrected chi connectivity index (χ3v) is 6.25. The first kappa shape index (κ1) is 23.1. The van der Waals surface area contributed by atoms with Crippen molar-refractivity contribution in [3.05, 3.63) is 58.5 Å². The number of sulfonamides is 1. The highest BCUT2D eigenvalue weighted by Crippen LogP contribution is 2.32. The number of ether oxygens (including phenoxy) is 2. The SMILES string of the molecule is C=CCNS(=O)(=O)c1ccc(C(=O)OCc2c(C(=O)OCC)sc(N)c2C#N)cc1. The van der Waals surface area contributed by atoms with Crippen molar-refractivity contribution >= 4 is 38.3 Å². The number of nitrogen functional groups attached to an aromatic ring is 1. The molecule has 0 spiro atoms. The Bertz CT molecular complexity index is 1100. The van der Waals surface area contributed by atoms with E-state index in [1.807, 2.05) is 6.07 Å². The molecule has 0 saturated carbocycles. The fourth-order valence-electron chi connectivity index (χ4n) is 2.35. The van der Waals surface area contributed by atoms with E-state index in [2.05, 4.69) is 11.3 Å². The Labute approximate surface area is 177 Å². The van der Waals surface area contributed by atoms with Gasteiger partial charge in [0.1, 0.15) is 22.6 Å². The first-order valence-corrected chi connectivity index (χ1v) is 10.9. The van der Waals surface area contributed by atoms with Gasteiger partial charge < -0.3 is 15.2 Å². The number of hydrogen-bond acceptors (Lipinski definition) is 9. The molecule has 0 fully saturated rings. The number of nitriles is 1. The summed E-state index contributed by atoms with van der Waals surface area (Å²) >= 11 is 0.881. The van der Waals surface area contributed by atoms with Gasteiger partial charge in [0.2, 0.25) is 10.0 Å². The first-order chi connectivity index (χ1) is 14.2. The van der Waals surface area contributed by atoms with Crippen LogP contribution in [0.5, 0.6) is 0 Å². The summed E-state index contributed by atoms with van der Waals surface area (Å²) in [5, 5.41) is 9.41. The van der Waals surface area contributed by atoms with Crippen molar-refractivity contribution in [3.8, 4) is 6.07 Å². The predicted octanol–water partition coefficient (Wildman–Crippen LogP) is 2.20. The summed E-state index contributed by atoms with van der Waals surface area (Å²) in [6.45, 7) is 4.90. The molecule has 11 heteroatoms. The molecule has 1 aromatic carbocycles. The van der Waals surface area contributed by atoms with Gasteiger partial charge in [-0.1, -0.05) is 6.08 Å². The second-order valence-corrected chi connectivity index (χ2v) is 8.54. The van der Waals surface area contributed by atoms with Crippen LogP contribution in [0, 0.1) is 11.3 Å². The molecule has 30 heavy (non-hydrogen) atoms. The van der Waals surface area contributed by atoms with Gasteiger partial charge in [0.05, 0.1) is 22.6 Å². The number of hydrogen-bond donors (Lipinski definition) is 2. The highest BCUT2D eigenvalue weighted by Gasteiger charge is 2.24. The Hall–Kier alpha value is -3.20. The molecule has 2 rings (SSSR count). The van der Waals surface area contributed by atoms with Crippen LogP contribution in [0.25, 0.3) is 0 Å². The zero-order valence-electron chi connectivity index (χ0n) is 16.0. The van der Waals surface area contributed by atoms with E-state index < -0.39 is 22.0 Å². The largest absolute Gasteiger partial charge is 0.462 e. The van der Waals surface area contributed by atoms with Gasteiger partial charge >= 0.3 is 11.9 Å². The standard InChI is InChI=1S/C19H19N3O6S2/c1-3-9-22-30(25,26)13-7-5-12(6-8-13)18(23)28-11-15-14(10-20)17(21)29-16(15)19(24)27-4-2/h3,5-8,22H,1,4,9,11,21H2,2H3. The lowest BCUT2D eigenvalue weighted by Crippen LogP contribution is -2.23. The molecule has 0 bridgehead atoms. The van der Waals surface area contributed by atoms with Gasteiger partial charge in [-0.2, -0.15) is 5.26 Å². The van der Waals surface area contributed by atoms with Crippen LogP contribution in [-0.2, 0) is 26.1 Å². The smallest absolute Gasteiger partial charge is 0.348 e. The third kappa shape index (κ3) is 5.24. The van der Waals surface area contributed by atoms with E-state index in [0.717, 1.165) is 11.3 Å². The number of carbonyl (C=O) groups excluding carboxylic acids is 2. The molecular formula is C19H19N3O6S2. The lowest BCUT2D eigenvalue weighted by molar-refractivity contribution is 0.0452. The summed E-state index contributed by atoms with van der Waals surface area (Å²) in [5.41, 5.74) is 6.08. The van der Waals surface area contributed by atoms with Crippen molar-refractivity contribution in [3.63, 3.8) is 0 Å². The maximum absolute atomic E-state index is 12.3. The van der Waals surface area contributed by atoms with Crippen LogP contribution in [0.15, 0.2) is 41.8 Å². The minimum atomic E-state index is -3.72. The quantitative estimate of drug-likeness (QED) is 0.437. The van der Waals surface area contributed by atoms with Gasteiger partial charge in [-0.05, 0) is 31.2 Å². The summed E-state index contributed by atoms with van der Waals surface area (Å²) < 4.78 is 36.6. The van der Waals surface area contributed by atoms with Crippen molar-refractivity contribution in [1.29, 1.82) is 5.26 Å². The average Bonchev–Trinajstić information content (AvgIpc) is 3.06. The monoisotopic (exact) mass is 449 g/mol. The Morgan fingerprint density at radius 3 is 2.50 bits per heavy atom. The van der Waals surface area contributed by atoms with Crippen molar-refractivity contribution in [2.24, 2.45) is 0 Å². The second-order valence-electron chi connectivity index (χ2n) is 5.72. The van der Waals surface area contributed by atoms with E-state index in [9.17, 15) is 23.3 Å². The van der Waals surface area contributed by atoms with Gasteiger partial charge in [0.25, 0.3) is 0 Å². The molecule has 0 amide bonds. The van der Waals surface area contributed by atoms with Crippen LogP contribution >= 0.6 is 11.3 Å². The highest BCUT2D eigenvalue weighted by molar-refractivity contribution is 7.89. The van der Waals surface area contributed by atoms with Crippen LogP contribution in [0.3, 0.4) is 0 Å². The molecule has 158 valence electrons. The Balaban J connectivity index is 2.17. The van der Waals surface area contributed by atoms with Crippen molar-refractivity contribution in [2.45, 2.75) is 18.4 Å². The molecule has 0 unspecified atom stereocenters. The summed E-state index contributed by atoms with van der Waals surface area (Å²) in [5.74, 6) is -1.43. The molecule has 0 atom stereocenters. The number of nitrogens with two attached hydrogens (primary N) is 1. The van der Waals surface area contributed by atoms with Crippen LogP contribution in [0.4, 0.5) is 5.00 Å². The molecule has 1 heterocycles. The van der Waals surface area contributed by atoms with E-state index in [0.29, 0.717) is 0 Å². The molecule has 2 aromatic rings. The molecule has 3 N–H and O–H groups in total. The summed E-state index contributed by atoms with van der Waals surface area (Å²) in [6.07, 6.45) is 1.40. The second kappa shape index (κ2) is 10.0. The fraction of sp³-hybridized carbons (Fsp3) is 0.211. The molecular weight excluding hydrogens is 430 g/mol. The van der Waals surface area contributed by atoms with Crippen LogP contribution in [0.1, 0.15) is 38.1 Å². The van der Waals surface area contributed by atoms with Gasteiger partial charge in [0.15, 0.2) is 0 Å². The number of benzene rings is 1. The van der Waals surface area contributed by atoms with Crippen molar-refractivity contribution in [2.75, 3.05) is 18.9 Å². The Kier molecular flexibility index (Phi) is 7.71. The number of carbonyl (C=O) groups is 2. The predicted molar refractivity (Wildman–Crippen MR) is 110 cm³/mol. The molecule has 0 radical (unpaired) electrons. The number of thiophene rings is 1. The number of anilines is 1. The van der Waals surface area contributed by atoms with E-state index in [4.69, 9.17) is 15.2 Å². The highest BCUT2D eigenvalue weighted by atomic mass is 32.2. The van der Waals surface area contributed by atoms with E-state index >= 15 is 0 Å². The van der Waals surface area contributed by atoms with Gasteiger partial charge in [-0.25, -0.2) is 22.7 Å². The lowest BCUT2D eigenvalue weighted by atomic mass is 10.1. The Morgan fingerprint density at radius 2 is 1.93 bits per heavy atom. The molecule has 0 aliphatic carbocycles. The zero-order chi connectivity index (χ0) is 22.3. The zero-order valence-corrected chi connectivity index (χ0v) is 17.6. The van der Waals surface area contributed by atoms with Gasteiger partial charge in [-0.3, -0.25) is 0 Å². The first-order valence-electron chi connectivity index (χ1n) is 8.61. The average molecular weight is 450 g/mol. The maximum atomic E-state index is 12.3. The molecule has 1 aromatic heterocycles. The van der Waals surface area contributed by atoms with Crippen molar-refractivity contribution in [1.82, 2.24) is 4.72 Å². The summed E-state index contributed by atoms with van der Waals surface area (Å²) in [7, 11) is -3.72. The molecule has 0 aliphatic heterocycles. The number of esters is 2. The minimum absolute atomic E-state index is 0.0251. The van der Waals surface area contributed by atoms with Crippen LogP contribution in [-0.4, -0.2) is 33.5 Å². The summed E-state index contributed by atoms with van der Waals surface area (Å²) in [4.78, 5) is 24.5. The number of nitrogens with one attached hydrogen (secondary N) is 1. The van der Waals surface area contributed by atoms with Crippen LogP contribution < -0.4 is 10.5 Å². The normalized spacial score (nSPS) is 10.8. The van der Waals surface area contributed by atoms with E-state index in [1.165, 1.54) is 30.3 Å². The van der Waals surface area contributed by atoms with E-state index in [-0.39, 0.29) is 51.2 Å². The molecule has 0 saturated heterocycles. The summed E-state index contributed by atoms with van der Waals surface area (Å²) in [6, 6.07) is 7.00. The van der Waals surface area contributed by atoms with Crippen LogP contribution in [0.2, 0.25) is 0 Å². The topological polar surface area (TPSA) is 149 Å². The number of rotatable bonds is 9. The number of nitrogens with zero attached hydrogens (tertiary/aromatic N) is 1. The lowest BCUT2D eigenvalue weighted by Gasteiger charge is -2.08. The maximum Gasteiger partial charge on any atom is 0.348 e.